The molecule has 0 aliphatic carbocycles. The van der Waals surface area contributed by atoms with E-state index >= 15 is 0 Å². The number of nitrogens with one attached hydrogen (secondary N) is 2. The monoisotopic (exact) mass is 363 g/mol. The van der Waals surface area contributed by atoms with Gasteiger partial charge in [0.05, 0.1) is 4.92 Å². The number of aromatic amines is 2. The molecular weight excluding hydrogens is 354 g/mol. The molecule has 2 N–H and O–H groups in total. The second-order valence-electron chi connectivity index (χ2n) is 4.20. The highest BCUT2D eigenvalue weighted by Gasteiger charge is 2.18. The van der Waals surface area contributed by atoms with Gasteiger partial charge in [-0.25, -0.2) is 4.79 Å². The standard InChI is InChI=1S/C14H10BrN3O4/c15-10(8-9-4-2-1-3-5-9)6-7-11-12(18(21)22)13(19)17-14(20)16-11/h1-8H,(H2,16,17,19,20)/b7-6+,10-8-. The maximum Gasteiger partial charge on any atom is 0.357 e. The molecule has 0 fully saturated rings. The van der Waals surface area contributed by atoms with Crippen LogP contribution in [0.5, 0.6) is 0 Å². The van der Waals surface area contributed by atoms with E-state index in [0.29, 0.717) is 4.48 Å². The van der Waals surface area contributed by atoms with Gasteiger partial charge in [0.15, 0.2) is 0 Å². The maximum atomic E-state index is 11.5. The lowest BCUT2D eigenvalue weighted by Gasteiger charge is -1.96. The molecule has 0 radical (unpaired) electrons. The van der Waals surface area contributed by atoms with E-state index in [2.05, 4.69) is 20.9 Å². The van der Waals surface area contributed by atoms with Gasteiger partial charge >= 0.3 is 16.9 Å². The van der Waals surface area contributed by atoms with Gasteiger partial charge in [0.25, 0.3) is 0 Å². The molecule has 22 heavy (non-hydrogen) atoms. The third-order valence-electron chi connectivity index (χ3n) is 2.64. The molecule has 2 aromatic rings. The van der Waals surface area contributed by atoms with Crippen molar-refractivity contribution in [2.45, 2.75) is 0 Å². The molecule has 1 aromatic carbocycles. The van der Waals surface area contributed by atoms with Crippen molar-refractivity contribution in [1.29, 1.82) is 0 Å². The lowest BCUT2D eigenvalue weighted by atomic mass is 10.2. The number of nitro groups is 1. The minimum absolute atomic E-state index is 0.169. The number of benzene rings is 1. The largest absolute Gasteiger partial charge is 0.357 e. The van der Waals surface area contributed by atoms with Crippen LogP contribution in [0.4, 0.5) is 5.69 Å². The predicted octanol–water partition coefficient (Wildman–Crippen LogP) is 2.42. The summed E-state index contributed by atoms with van der Waals surface area (Å²) in [5.74, 6) is 0. The highest BCUT2D eigenvalue weighted by atomic mass is 79.9. The molecule has 0 bridgehead atoms. The first kappa shape index (κ1) is 15.6. The number of allylic oxidation sites excluding steroid dienone is 2. The zero-order valence-electron chi connectivity index (χ0n) is 11.1. The van der Waals surface area contributed by atoms with Crippen LogP contribution in [0.1, 0.15) is 11.3 Å². The second-order valence-corrected chi connectivity index (χ2v) is 5.12. The Kier molecular flexibility index (Phi) is 4.84. The van der Waals surface area contributed by atoms with Gasteiger partial charge in [-0.3, -0.25) is 19.9 Å². The highest BCUT2D eigenvalue weighted by molar-refractivity contribution is 9.12. The zero-order chi connectivity index (χ0) is 16.1. The van der Waals surface area contributed by atoms with Crippen molar-refractivity contribution >= 4 is 33.8 Å². The number of hydrogen-bond donors (Lipinski definition) is 2. The van der Waals surface area contributed by atoms with E-state index in [1.165, 1.54) is 12.2 Å². The molecule has 1 heterocycles. The molecule has 0 atom stereocenters. The van der Waals surface area contributed by atoms with E-state index in [9.17, 15) is 19.7 Å². The third-order valence-corrected chi connectivity index (χ3v) is 3.13. The third kappa shape index (κ3) is 3.89. The van der Waals surface area contributed by atoms with E-state index < -0.39 is 21.9 Å². The van der Waals surface area contributed by atoms with E-state index in [-0.39, 0.29) is 5.69 Å². The molecule has 0 aliphatic heterocycles. The smallest absolute Gasteiger partial charge is 0.301 e. The van der Waals surface area contributed by atoms with Crippen LogP contribution in [0.25, 0.3) is 12.2 Å². The van der Waals surface area contributed by atoms with Crippen LogP contribution in [0.2, 0.25) is 0 Å². The summed E-state index contributed by atoms with van der Waals surface area (Å²) >= 11 is 3.30. The number of halogens is 1. The zero-order valence-corrected chi connectivity index (χ0v) is 12.7. The molecule has 2 rings (SSSR count). The Labute approximate surface area is 132 Å². The summed E-state index contributed by atoms with van der Waals surface area (Å²) in [6.45, 7) is 0. The Morgan fingerprint density at radius 3 is 2.50 bits per heavy atom. The Hall–Kier alpha value is -2.74. The van der Waals surface area contributed by atoms with E-state index in [1.54, 1.807) is 6.08 Å². The van der Waals surface area contributed by atoms with Gasteiger partial charge in [-0.05, 0) is 23.8 Å². The Morgan fingerprint density at radius 1 is 1.18 bits per heavy atom. The van der Waals surface area contributed by atoms with E-state index in [0.717, 1.165) is 5.56 Å². The molecule has 112 valence electrons. The van der Waals surface area contributed by atoms with Crippen molar-refractivity contribution < 1.29 is 4.92 Å². The van der Waals surface area contributed by atoms with Crippen LogP contribution in [-0.2, 0) is 0 Å². The first-order chi connectivity index (χ1) is 10.5. The molecule has 1 aromatic heterocycles. The summed E-state index contributed by atoms with van der Waals surface area (Å²) in [6, 6.07) is 9.38. The number of hydrogen-bond acceptors (Lipinski definition) is 4. The summed E-state index contributed by atoms with van der Waals surface area (Å²) in [7, 11) is 0. The van der Waals surface area contributed by atoms with E-state index in [4.69, 9.17) is 0 Å². The maximum absolute atomic E-state index is 11.5. The fourth-order valence-electron chi connectivity index (χ4n) is 1.72. The van der Waals surface area contributed by atoms with E-state index in [1.807, 2.05) is 35.3 Å². The van der Waals surface area contributed by atoms with Crippen LogP contribution in [-0.4, -0.2) is 14.9 Å². The Bertz CT molecular complexity index is 866. The van der Waals surface area contributed by atoms with Gasteiger partial charge in [0.2, 0.25) is 0 Å². The molecular formula is C14H10BrN3O4. The van der Waals surface area contributed by atoms with Gasteiger partial charge in [-0.15, -0.1) is 0 Å². The van der Waals surface area contributed by atoms with Crippen molar-refractivity contribution in [2.75, 3.05) is 0 Å². The number of aromatic nitrogens is 2. The van der Waals surface area contributed by atoms with Crippen LogP contribution in [0.15, 0.2) is 50.5 Å². The fourth-order valence-corrected chi connectivity index (χ4v) is 2.12. The van der Waals surface area contributed by atoms with Crippen molar-refractivity contribution in [1.82, 2.24) is 9.97 Å². The summed E-state index contributed by atoms with van der Waals surface area (Å²) < 4.78 is 0.620. The summed E-state index contributed by atoms with van der Waals surface area (Å²) in [4.78, 5) is 36.8. The molecule has 0 aliphatic rings. The van der Waals surface area contributed by atoms with Crippen LogP contribution >= 0.6 is 15.9 Å². The fraction of sp³-hybridized carbons (Fsp3) is 0. The molecule has 0 saturated carbocycles. The molecule has 8 heteroatoms. The molecule has 0 spiro atoms. The van der Waals surface area contributed by atoms with Crippen molar-refractivity contribution in [3.05, 3.63) is 83.1 Å². The van der Waals surface area contributed by atoms with Gasteiger partial charge in [0, 0.05) is 4.48 Å². The first-order valence-electron chi connectivity index (χ1n) is 6.08. The van der Waals surface area contributed by atoms with Crippen LogP contribution < -0.4 is 11.2 Å². The highest BCUT2D eigenvalue weighted by Crippen LogP contribution is 2.16. The minimum atomic E-state index is -1.04. The molecule has 0 amide bonds. The number of rotatable bonds is 4. The molecule has 0 saturated heterocycles. The average molecular weight is 364 g/mol. The topological polar surface area (TPSA) is 109 Å². The normalized spacial score (nSPS) is 11.8. The van der Waals surface area contributed by atoms with Crippen molar-refractivity contribution in [2.24, 2.45) is 0 Å². The summed E-state index contributed by atoms with van der Waals surface area (Å²) in [6.07, 6.45) is 4.58. The second kappa shape index (κ2) is 6.81. The lowest BCUT2D eigenvalue weighted by molar-refractivity contribution is -0.386. The van der Waals surface area contributed by atoms with Crippen LogP contribution in [0, 0.1) is 10.1 Å². The lowest BCUT2D eigenvalue weighted by Crippen LogP contribution is -2.25. The average Bonchev–Trinajstić information content (AvgIpc) is 2.45. The molecule has 7 nitrogen and oxygen atoms in total. The summed E-state index contributed by atoms with van der Waals surface area (Å²) in [5.41, 5.74) is -1.81. The van der Waals surface area contributed by atoms with Gasteiger partial charge in [0.1, 0.15) is 5.69 Å². The predicted molar refractivity (Wildman–Crippen MR) is 86.7 cm³/mol. The van der Waals surface area contributed by atoms with Crippen molar-refractivity contribution in [3.63, 3.8) is 0 Å². The van der Waals surface area contributed by atoms with Crippen LogP contribution in [0.3, 0.4) is 0 Å². The van der Waals surface area contributed by atoms with Gasteiger partial charge in [-0.2, -0.15) is 0 Å². The Balaban J connectivity index is 2.38. The van der Waals surface area contributed by atoms with Gasteiger partial charge < -0.3 is 4.98 Å². The molecule has 0 unspecified atom stereocenters. The SMILES string of the molecule is O=c1[nH]c(/C=C/C(Br)=C/c2ccccc2)c([N+](=O)[O-])c(=O)[nH]1. The minimum Gasteiger partial charge on any atom is -0.301 e. The summed E-state index contributed by atoms with van der Waals surface area (Å²) in [5, 5.41) is 10.9. The van der Waals surface area contributed by atoms with Crippen molar-refractivity contribution in [3.8, 4) is 0 Å². The number of nitrogens with zero attached hydrogens (tertiary/aromatic N) is 1. The van der Waals surface area contributed by atoms with Gasteiger partial charge in [-0.1, -0.05) is 46.3 Å². The quantitative estimate of drug-likeness (QED) is 0.493. The first-order valence-corrected chi connectivity index (χ1v) is 6.88. The number of H-pyrrole nitrogens is 2. The Morgan fingerprint density at radius 2 is 1.86 bits per heavy atom.